The number of nitro groups is 1. The van der Waals surface area contributed by atoms with E-state index in [9.17, 15) is 19.7 Å². The van der Waals surface area contributed by atoms with Crippen molar-refractivity contribution in [1.29, 1.82) is 0 Å². The maximum atomic E-state index is 12.6. The Morgan fingerprint density at radius 3 is 2.21 bits per heavy atom. The quantitative estimate of drug-likeness (QED) is 0.610. The minimum absolute atomic E-state index is 0.152. The molecular weight excluding hydrogens is 360 g/mol. The average molecular weight is 384 g/mol. The summed E-state index contributed by atoms with van der Waals surface area (Å²) < 4.78 is 0. The molecule has 0 aliphatic heterocycles. The fourth-order valence-electron chi connectivity index (χ4n) is 2.88. The van der Waals surface area contributed by atoms with E-state index in [1.165, 1.54) is 30.1 Å². The van der Waals surface area contributed by atoms with Crippen molar-refractivity contribution in [3.05, 3.63) is 63.2 Å². The second-order valence-corrected chi connectivity index (χ2v) is 6.83. The van der Waals surface area contributed by atoms with Gasteiger partial charge < -0.3 is 15.1 Å². The van der Waals surface area contributed by atoms with Crippen molar-refractivity contribution in [1.82, 2.24) is 4.90 Å². The van der Waals surface area contributed by atoms with Gasteiger partial charge in [-0.2, -0.15) is 0 Å². The highest BCUT2D eigenvalue weighted by atomic mass is 16.6. The highest BCUT2D eigenvalue weighted by molar-refractivity contribution is 6.00. The van der Waals surface area contributed by atoms with Crippen LogP contribution in [0.4, 0.5) is 17.1 Å². The van der Waals surface area contributed by atoms with E-state index in [-0.39, 0.29) is 23.7 Å². The van der Waals surface area contributed by atoms with Crippen molar-refractivity contribution in [2.45, 2.75) is 13.8 Å². The van der Waals surface area contributed by atoms with E-state index in [0.29, 0.717) is 5.69 Å². The molecule has 1 N–H and O–H groups in total. The lowest BCUT2D eigenvalue weighted by Gasteiger charge is -2.19. The summed E-state index contributed by atoms with van der Waals surface area (Å²) in [5, 5.41) is 14.1. The second kappa shape index (κ2) is 8.51. The number of nitro benzene ring substituents is 1. The summed E-state index contributed by atoms with van der Waals surface area (Å²) in [6.45, 7) is 3.61. The summed E-state index contributed by atoms with van der Waals surface area (Å²) in [5.41, 5.74) is 2.97. The molecule has 2 aromatic rings. The van der Waals surface area contributed by atoms with Crippen LogP contribution in [0.5, 0.6) is 0 Å². The number of carbonyl (C=O) groups excluding carboxylic acids is 2. The zero-order chi connectivity index (χ0) is 21.0. The van der Waals surface area contributed by atoms with Gasteiger partial charge >= 0.3 is 0 Å². The molecule has 0 heterocycles. The van der Waals surface area contributed by atoms with Gasteiger partial charge in [-0.15, -0.1) is 0 Å². The first kappa shape index (κ1) is 20.9. The number of aryl methyl sites for hydroxylation is 2. The average Bonchev–Trinajstić information content (AvgIpc) is 2.63. The predicted molar refractivity (Wildman–Crippen MR) is 109 cm³/mol. The number of carbonyl (C=O) groups is 2. The van der Waals surface area contributed by atoms with E-state index in [1.54, 1.807) is 19.0 Å². The van der Waals surface area contributed by atoms with Crippen LogP contribution in [0.2, 0.25) is 0 Å². The van der Waals surface area contributed by atoms with Gasteiger partial charge in [0.2, 0.25) is 5.91 Å². The van der Waals surface area contributed by atoms with Gasteiger partial charge in [0.05, 0.1) is 11.5 Å². The van der Waals surface area contributed by atoms with Crippen LogP contribution in [0.3, 0.4) is 0 Å². The number of anilines is 2. The van der Waals surface area contributed by atoms with Crippen LogP contribution in [0.1, 0.15) is 21.5 Å². The van der Waals surface area contributed by atoms with Crippen LogP contribution in [-0.4, -0.2) is 49.3 Å². The van der Waals surface area contributed by atoms with Crippen molar-refractivity contribution in [3.63, 3.8) is 0 Å². The Bertz CT molecular complexity index is 904. The number of nitrogens with one attached hydrogen (secondary N) is 1. The molecule has 0 saturated heterocycles. The molecule has 0 fully saturated rings. The molecule has 0 spiro atoms. The molecule has 0 atom stereocenters. The Morgan fingerprint density at radius 1 is 1.07 bits per heavy atom. The number of likely N-dealkylation sites (N-methyl/N-ethyl adjacent to an activating group) is 1. The van der Waals surface area contributed by atoms with Gasteiger partial charge in [-0.3, -0.25) is 19.7 Å². The Labute approximate surface area is 163 Å². The molecule has 0 radical (unpaired) electrons. The Kier molecular flexibility index (Phi) is 6.35. The van der Waals surface area contributed by atoms with Gasteiger partial charge in [0.25, 0.3) is 11.6 Å². The zero-order valence-electron chi connectivity index (χ0n) is 16.6. The predicted octanol–water partition coefficient (Wildman–Crippen LogP) is 2.99. The molecule has 0 unspecified atom stereocenters. The highest BCUT2D eigenvalue weighted by Gasteiger charge is 2.22. The number of rotatable bonds is 6. The number of hydrogen-bond donors (Lipinski definition) is 1. The monoisotopic (exact) mass is 384 g/mol. The summed E-state index contributed by atoms with van der Waals surface area (Å²) in [6.07, 6.45) is 0. The van der Waals surface area contributed by atoms with Crippen molar-refractivity contribution < 1.29 is 14.5 Å². The van der Waals surface area contributed by atoms with Crippen LogP contribution in [0, 0.1) is 24.0 Å². The maximum absolute atomic E-state index is 12.6. The largest absolute Gasteiger partial charge is 0.372 e. The first-order chi connectivity index (χ1) is 13.1. The fraction of sp³-hybridized carbons (Fsp3) is 0.300. The van der Waals surface area contributed by atoms with Crippen LogP contribution in [0.25, 0.3) is 0 Å². The van der Waals surface area contributed by atoms with Crippen LogP contribution in [0.15, 0.2) is 36.4 Å². The van der Waals surface area contributed by atoms with Crippen molar-refractivity contribution in [3.8, 4) is 0 Å². The van der Waals surface area contributed by atoms with Gasteiger partial charge in [0, 0.05) is 38.5 Å². The standard InChI is InChI=1S/C20H24N4O4/c1-13-7-6-8-14(2)19(13)21-18(25)12-23(5)20(26)15-9-10-16(22(3)4)17(11-15)24(27)28/h6-11H,12H2,1-5H3,(H,21,25). The minimum Gasteiger partial charge on any atom is -0.372 e. The molecule has 2 rings (SSSR count). The maximum Gasteiger partial charge on any atom is 0.293 e. The number of hydrogen-bond acceptors (Lipinski definition) is 5. The molecule has 0 bridgehead atoms. The number of nitrogens with zero attached hydrogens (tertiary/aromatic N) is 3. The van der Waals surface area contributed by atoms with E-state index in [2.05, 4.69) is 5.32 Å². The molecule has 0 saturated carbocycles. The summed E-state index contributed by atoms with van der Waals surface area (Å²) in [5.74, 6) is -0.808. The molecule has 0 aliphatic rings. The lowest BCUT2D eigenvalue weighted by atomic mass is 10.1. The third-order valence-corrected chi connectivity index (χ3v) is 4.37. The molecule has 28 heavy (non-hydrogen) atoms. The first-order valence-electron chi connectivity index (χ1n) is 8.69. The van der Waals surface area contributed by atoms with Crippen LogP contribution < -0.4 is 10.2 Å². The summed E-state index contributed by atoms with van der Waals surface area (Å²) in [6, 6.07) is 9.96. The minimum atomic E-state index is -0.528. The molecule has 2 aromatic carbocycles. The zero-order valence-corrected chi connectivity index (χ0v) is 16.6. The lowest BCUT2D eigenvalue weighted by molar-refractivity contribution is -0.384. The Morgan fingerprint density at radius 2 is 1.68 bits per heavy atom. The summed E-state index contributed by atoms with van der Waals surface area (Å²) in [7, 11) is 4.86. The van der Waals surface area contributed by atoms with Crippen molar-refractivity contribution in [2.75, 3.05) is 37.9 Å². The van der Waals surface area contributed by atoms with Crippen LogP contribution in [-0.2, 0) is 4.79 Å². The van der Waals surface area contributed by atoms with Gasteiger partial charge in [0.1, 0.15) is 5.69 Å². The van der Waals surface area contributed by atoms with Gasteiger partial charge in [0.15, 0.2) is 0 Å². The van der Waals surface area contributed by atoms with E-state index in [4.69, 9.17) is 0 Å². The van der Waals surface area contributed by atoms with E-state index in [0.717, 1.165) is 16.8 Å². The van der Waals surface area contributed by atoms with Gasteiger partial charge in [-0.05, 0) is 37.1 Å². The van der Waals surface area contributed by atoms with E-state index in [1.807, 2.05) is 32.0 Å². The molecule has 8 heteroatoms. The number of amides is 2. The van der Waals surface area contributed by atoms with E-state index < -0.39 is 10.8 Å². The first-order valence-corrected chi connectivity index (χ1v) is 8.69. The Hall–Kier alpha value is -3.42. The van der Waals surface area contributed by atoms with Crippen molar-refractivity contribution in [2.24, 2.45) is 0 Å². The van der Waals surface area contributed by atoms with E-state index >= 15 is 0 Å². The fourth-order valence-corrected chi connectivity index (χ4v) is 2.88. The molecule has 2 amide bonds. The van der Waals surface area contributed by atoms with Crippen LogP contribution >= 0.6 is 0 Å². The van der Waals surface area contributed by atoms with Crippen molar-refractivity contribution >= 4 is 28.9 Å². The molecular formula is C20H24N4O4. The summed E-state index contributed by atoms with van der Waals surface area (Å²) >= 11 is 0. The lowest BCUT2D eigenvalue weighted by Crippen LogP contribution is -2.35. The topological polar surface area (TPSA) is 95.8 Å². The third-order valence-electron chi connectivity index (χ3n) is 4.37. The molecule has 0 aliphatic carbocycles. The SMILES string of the molecule is Cc1cccc(C)c1NC(=O)CN(C)C(=O)c1ccc(N(C)C)c([N+](=O)[O-])c1. The normalized spacial score (nSPS) is 10.3. The van der Waals surface area contributed by atoms with Gasteiger partial charge in [-0.25, -0.2) is 0 Å². The Balaban J connectivity index is 2.15. The smallest absolute Gasteiger partial charge is 0.293 e. The molecule has 148 valence electrons. The molecule has 8 nitrogen and oxygen atoms in total. The van der Waals surface area contributed by atoms with Gasteiger partial charge in [-0.1, -0.05) is 18.2 Å². The third kappa shape index (κ3) is 4.64. The number of para-hydroxylation sites is 1. The second-order valence-electron chi connectivity index (χ2n) is 6.83. The highest BCUT2D eigenvalue weighted by Crippen LogP contribution is 2.28. The molecule has 0 aromatic heterocycles. The summed E-state index contributed by atoms with van der Waals surface area (Å²) in [4.78, 5) is 38.6. The number of benzene rings is 2.